The molecule has 4 N–H and O–H groups in total. The summed E-state index contributed by atoms with van der Waals surface area (Å²) in [6.45, 7) is 7.50. The van der Waals surface area contributed by atoms with Crippen molar-refractivity contribution in [2.24, 2.45) is 11.8 Å². The quantitative estimate of drug-likeness (QED) is 0.309. The number of benzene rings is 1. The number of carbonyl (C=O) groups excluding carboxylic acids is 5. The van der Waals surface area contributed by atoms with Crippen LogP contribution in [0.5, 0.6) is 0 Å². The third-order valence-electron chi connectivity index (χ3n) is 6.71. The number of Topliss-reactive ketones (excluding diaryl/α,β-unsaturated/α-hetero) is 1. The topological polar surface area (TPSA) is 162 Å². The van der Waals surface area contributed by atoms with Crippen molar-refractivity contribution in [2.75, 3.05) is 6.54 Å². The first-order valence-corrected chi connectivity index (χ1v) is 13.1. The van der Waals surface area contributed by atoms with Crippen LogP contribution in [-0.2, 0) is 19.2 Å². The Morgan fingerprint density at radius 2 is 1.32 bits per heavy atom. The van der Waals surface area contributed by atoms with Gasteiger partial charge in [-0.25, -0.2) is 0 Å². The van der Waals surface area contributed by atoms with Crippen molar-refractivity contribution < 1.29 is 47.0 Å². The Morgan fingerprint density at radius 1 is 0.829 bits per heavy atom. The van der Waals surface area contributed by atoms with Gasteiger partial charge in [0.05, 0.1) is 6.04 Å². The van der Waals surface area contributed by atoms with Gasteiger partial charge in [-0.1, -0.05) is 27.7 Å². The van der Waals surface area contributed by atoms with Gasteiger partial charge in [0, 0.05) is 17.7 Å². The van der Waals surface area contributed by atoms with E-state index < -0.39 is 77.6 Å². The number of nitrogens with one attached hydrogen (secondary N) is 3. The van der Waals surface area contributed by atoms with Crippen molar-refractivity contribution in [1.29, 1.82) is 0 Å². The summed E-state index contributed by atoms with van der Waals surface area (Å²) in [5, 5.41) is 16.0. The molecule has 0 aromatic heterocycles. The number of hydrogen-bond donors (Lipinski definition) is 4. The van der Waals surface area contributed by atoms with Crippen LogP contribution in [0.15, 0.2) is 24.3 Å². The summed E-state index contributed by atoms with van der Waals surface area (Å²) < 4.78 is 39.1. The van der Waals surface area contributed by atoms with Crippen LogP contribution in [-0.4, -0.2) is 82.3 Å². The number of hydrogen-bond acceptors (Lipinski definition) is 6. The molecule has 1 aliphatic heterocycles. The van der Waals surface area contributed by atoms with E-state index >= 15 is 0 Å². The second kappa shape index (κ2) is 13.6. The fraction of sp³-hybridized carbons (Fsp3) is 0.556. The largest absolute Gasteiger partial charge is 0.480 e. The highest BCUT2D eigenvalue weighted by Gasteiger charge is 2.46. The summed E-state index contributed by atoms with van der Waals surface area (Å²) in [7, 11) is 0. The van der Waals surface area contributed by atoms with Crippen LogP contribution in [0.3, 0.4) is 0 Å². The summed E-state index contributed by atoms with van der Waals surface area (Å²) in [4.78, 5) is 75.5. The minimum atomic E-state index is -5.14. The van der Waals surface area contributed by atoms with E-state index in [0.29, 0.717) is 6.42 Å². The molecule has 0 spiro atoms. The van der Waals surface area contributed by atoms with Gasteiger partial charge in [0.2, 0.25) is 11.8 Å². The van der Waals surface area contributed by atoms with Crippen LogP contribution in [0.25, 0.3) is 0 Å². The molecular weight excluding hydrogens is 549 g/mol. The second-order valence-electron chi connectivity index (χ2n) is 10.6. The number of halogens is 3. The Bertz CT molecular complexity index is 1170. The van der Waals surface area contributed by atoms with Crippen LogP contribution in [0, 0.1) is 11.8 Å². The third-order valence-corrected chi connectivity index (χ3v) is 6.71. The molecule has 4 atom stereocenters. The fourth-order valence-corrected chi connectivity index (χ4v) is 4.30. The standard InChI is InChI=1S/C27H35F3N4O7/c1-13(2)19(21(35)27(28,29)30)32-24(38)18-7-6-12-34(18)25(39)20(14(3)4)33-23(37)17-10-8-16(9-11-17)22(36)31-15(5)26(40)41/h8-11,13-15,18-20H,6-7,12H2,1-5H3,(H,31,36)(H,32,38)(H,33,37)(H,40,41)/t15?,18-,19?,20-/m0/s1. The lowest BCUT2D eigenvalue weighted by atomic mass is 9.98. The number of carboxylic acids is 1. The predicted octanol–water partition coefficient (Wildman–Crippen LogP) is 1.91. The van der Waals surface area contributed by atoms with E-state index in [1.807, 2.05) is 0 Å². The number of ketones is 1. The molecule has 1 aromatic carbocycles. The van der Waals surface area contributed by atoms with E-state index in [-0.39, 0.29) is 24.1 Å². The summed E-state index contributed by atoms with van der Waals surface area (Å²) >= 11 is 0. The SMILES string of the molecule is CC(NC(=O)c1ccc(C(=O)N[C@H](C(=O)N2CCC[C@H]2C(=O)NC(C(=O)C(F)(F)F)C(C)C)C(C)C)cc1)C(=O)O. The molecule has 41 heavy (non-hydrogen) atoms. The van der Waals surface area contributed by atoms with E-state index in [1.165, 1.54) is 49.9 Å². The number of likely N-dealkylation sites (tertiary alicyclic amines) is 1. The number of carbonyl (C=O) groups is 6. The molecule has 1 fully saturated rings. The zero-order chi connectivity index (χ0) is 31.2. The Hall–Kier alpha value is -3.97. The summed E-state index contributed by atoms with van der Waals surface area (Å²) in [6.07, 6.45) is -4.57. The van der Waals surface area contributed by atoms with Gasteiger partial charge in [0.15, 0.2) is 0 Å². The van der Waals surface area contributed by atoms with Gasteiger partial charge in [0.1, 0.15) is 18.1 Å². The Morgan fingerprint density at radius 3 is 1.76 bits per heavy atom. The van der Waals surface area contributed by atoms with Crippen LogP contribution in [0.2, 0.25) is 0 Å². The van der Waals surface area contributed by atoms with Gasteiger partial charge in [-0.2, -0.15) is 13.2 Å². The van der Waals surface area contributed by atoms with Gasteiger partial charge in [-0.15, -0.1) is 0 Å². The summed E-state index contributed by atoms with van der Waals surface area (Å²) in [5.41, 5.74) is 0.216. The number of nitrogens with zero attached hydrogens (tertiary/aromatic N) is 1. The lowest BCUT2D eigenvalue weighted by molar-refractivity contribution is -0.175. The van der Waals surface area contributed by atoms with Crippen molar-refractivity contribution in [3.8, 4) is 0 Å². The second-order valence-corrected chi connectivity index (χ2v) is 10.6. The van der Waals surface area contributed by atoms with Crippen molar-refractivity contribution in [3.05, 3.63) is 35.4 Å². The molecule has 4 amide bonds. The molecule has 1 heterocycles. The highest BCUT2D eigenvalue weighted by molar-refractivity contribution is 6.01. The maximum Gasteiger partial charge on any atom is 0.452 e. The predicted molar refractivity (Wildman–Crippen MR) is 140 cm³/mol. The van der Waals surface area contributed by atoms with Crippen LogP contribution < -0.4 is 16.0 Å². The number of alkyl halides is 3. The molecule has 1 saturated heterocycles. The highest BCUT2D eigenvalue weighted by atomic mass is 19.4. The van der Waals surface area contributed by atoms with Gasteiger partial charge in [-0.3, -0.25) is 28.8 Å². The lowest BCUT2D eigenvalue weighted by Gasteiger charge is -2.32. The Labute approximate surface area is 235 Å². The molecule has 0 bridgehead atoms. The van der Waals surface area contributed by atoms with Gasteiger partial charge >= 0.3 is 12.1 Å². The van der Waals surface area contributed by atoms with Crippen LogP contribution in [0.1, 0.15) is 68.2 Å². The minimum absolute atomic E-state index is 0.104. The highest BCUT2D eigenvalue weighted by Crippen LogP contribution is 2.24. The molecule has 226 valence electrons. The zero-order valence-electron chi connectivity index (χ0n) is 23.4. The maximum absolute atomic E-state index is 13.5. The lowest BCUT2D eigenvalue weighted by Crippen LogP contribution is -2.58. The first-order valence-electron chi connectivity index (χ1n) is 13.1. The fourth-order valence-electron chi connectivity index (χ4n) is 4.30. The van der Waals surface area contributed by atoms with Crippen molar-refractivity contribution in [1.82, 2.24) is 20.9 Å². The van der Waals surface area contributed by atoms with Gasteiger partial charge in [0.25, 0.3) is 17.6 Å². The van der Waals surface area contributed by atoms with Crippen LogP contribution >= 0.6 is 0 Å². The molecule has 1 aliphatic rings. The first-order chi connectivity index (χ1) is 18.9. The molecule has 0 radical (unpaired) electrons. The number of carboxylic acid groups (broad SMARTS) is 1. The summed E-state index contributed by atoms with van der Waals surface area (Å²) in [6, 6.07) is 0.153. The molecule has 11 nitrogen and oxygen atoms in total. The average molecular weight is 585 g/mol. The number of rotatable bonds is 11. The molecular formula is C27H35F3N4O7. The monoisotopic (exact) mass is 584 g/mol. The molecule has 0 saturated carbocycles. The molecule has 0 aliphatic carbocycles. The van der Waals surface area contributed by atoms with Gasteiger partial charge < -0.3 is 26.0 Å². The van der Waals surface area contributed by atoms with E-state index in [2.05, 4.69) is 16.0 Å². The normalized spacial score (nSPS) is 17.5. The average Bonchev–Trinajstić information content (AvgIpc) is 3.38. The number of aliphatic carboxylic acids is 1. The van der Waals surface area contributed by atoms with Gasteiger partial charge in [-0.05, 0) is 55.9 Å². The maximum atomic E-state index is 13.5. The molecule has 2 unspecified atom stereocenters. The summed E-state index contributed by atoms with van der Waals surface area (Å²) in [5.74, 6) is -7.38. The van der Waals surface area contributed by atoms with E-state index in [9.17, 15) is 41.9 Å². The molecule has 2 rings (SSSR count). The molecule has 14 heteroatoms. The van der Waals surface area contributed by atoms with E-state index in [4.69, 9.17) is 5.11 Å². The van der Waals surface area contributed by atoms with Crippen molar-refractivity contribution in [2.45, 2.75) is 77.8 Å². The van der Waals surface area contributed by atoms with Crippen LogP contribution in [0.4, 0.5) is 13.2 Å². The first kappa shape index (κ1) is 33.2. The minimum Gasteiger partial charge on any atom is -0.480 e. The third kappa shape index (κ3) is 8.51. The Balaban J connectivity index is 2.15. The van der Waals surface area contributed by atoms with Crippen molar-refractivity contribution in [3.63, 3.8) is 0 Å². The number of amides is 4. The zero-order valence-corrected chi connectivity index (χ0v) is 23.4. The molecule has 1 aromatic rings. The Kier molecular flexibility index (Phi) is 11.0. The smallest absolute Gasteiger partial charge is 0.452 e. The van der Waals surface area contributed by atoms with E-state index in [1.54, 1.807) is 13.8 Å². The van der Waals surface area contributed by atoms with Crippen molar-refractivity contribution >= 4 is 35.4 Å². The van der Waals surface area contributed by atoms with E-state index in [0.717, 1.165) is 0 Å².